The average Bonchev–Trinajstić information content (AvgIpc) is 3.17. The van der Waals surface area contributed by atoms with Crippen LogP contribution in [0.15, 0.2) is 29.6 Å². The Morgan fingerprint density at radius 2 is 1.96 bits per heavy atom. The van der Waals surface area contributed by atoms with Gasteiger partial charge in [-0.05, 0) is 24.3 Å². The highest BCUT2D eigenvalue weighted by molar-refractivity contribution is 7.09. The maximum absolute atomic E-state index is 13.0. The number of urea groups is 1. The number of rotatable bonds is 5. The van der Waals surface area contributed by atoms with Gasteiger partial charge in [-0.1, -0.05) is 0 Å². The van der Waals surface area contributed by atoms with Crippen LogP contribution < -0.4 is 5.32 Å². The fourth-order valence-electron chi connectivity index (χ4n) is 2.64. The lowest BCUT2D eigenvalue weighted by molar-refractivity contribution is -0.131. The first-order valence-electron chi connectivity index (χ1n) is 7.88. The van der Waals surface area contributed by atoms with E-state index in [0.29, 0.717) is 10.7 Å². The van der Waals surface area contributed by atoms with Gasteiger partial charge in [-0.15, -0.1) is 11.3 Å². The van der Waals surface area contributed by atoms with Crippen molar-refractivity contribution in [2.75, 3.05) is 14.1 Å². The SMILES string of the molecule is CN1C(=O)C(CC(=O)NCc2nc(-c3ccc(F)cc3)cs2)N(C)C1=O. The Balaban J connectivity index is 1.56. The zero-order chi connectivity index (χ0) is 18.8. The van der Waals surface area contributed by atoms with Crippen LogP contribution in [0, 0.1) is 5.82 Å². The Hall–Kier alpha value is -2.81. The summed E-state index contributed by atoms with van der Waals surface area (Å²) in [5.74, 6) is -1.04. The van der Waals surface area contributed by atoms with Gasteiger partial charge in [0.05, 0.1) is 18.7 Å². The molecule has 26 heavy (non-hydrogen) atoms. The number of aromatic nitrogens is 1. The summed E-state index contributed by atoms with van der Waals surface area (Å²) in [6.07, 6.45) is -0.0956. The molecule has 0 radical (unpaired) electrons. The van der Waals surface area contributed by atoms with Crippen LogP contribution in [0.3, 0.4) is 0 Å². The summed E-state index contributed by atoms with van der Waals surface area (Å²) in [5, 5.41) is 5.23. The van der Waals surface area contributed by atoms with Gasteiger partial charge in [0.1, 0.15) is 16.9 Å². The minimum Gasteiger partial charge on any atom is -0.350 e. The van der Waals surface area contributed by atoms with E-state index in [1.54, 1.807) is 12.1 Å². The van der Waals surface area contributed by atoms with Crippen LogP contribution in [-0.2, 0) is 16.1 Å². The minimum atomic E-state index is -0.779. The third-order valence-corrected chi connectivity index (χ3v) is 5.03. The number of halogens is 1. The largest absolute Gasteiger partial charge is 0.350 e. The first-order chi connectivity index (χ1) is 12.4. The van der Waals surface area contributed by atoms with Crippen molar-refractivity contribution in [1.82, 2.24) is 20.1 Å². The molecule has 7 nitrogen and oxygen atoms in total. The molecule has 1 aromatic carbocycles. The molecule has 4 amide bonds. The summed E-state index contributed by atoms with van der Waals surface area (Å²) in [5.41, 5.74) is 1.50. The number of benzene rings is 1. The minimum absolute atomic E-state index is 0.0956. The fraction of sp³-hybridized carbons (Fsp3) is 0.294. The first-order valence-corrected chi connectivity index (χ1v) is 8.76. The van der Waals surface area contributed by atoms with Crippen molar-refractivity contribution in [3.05, 3.63) is 40.5 Å². The number of hydrogen-bond acceptors (Lipinski definition) is 5. The highest BCUT2D eigenvalue weighted by atomic mass is 32.1. The summed E-state index contributed by atoms with van der Waals surface area (Å²) in [6.45, 7) is 0.221. The monoisotopic (exact) mass is 376 g/mol. The maximum atomic E-state index is 13.0. The fourth-order valence-corrected chi connectivity index (χ4v) is 3.39. The van der Waals surface area contributed by atoms with Crippen molar-refractivity contribution in [2.24, 2.45) is 0 Å². The summed E-state index contributed by atoms with van der Waals surface area (Å²) < 4.78 is 13.0. The van der Waals surface area contributed by atoms with Crippen molar-refractivity contribution in [2.45, 2.75) is 19.0 Å². The molecule has 1 atom stereocenters. The second-order valence-corrected chi connectivity index (χ2v) is 6.86. The normalized spacial score (nSPS) is 17.1. The number of likely N-dealkylation sites (N-methyl/N-ethyl adjacent to an activating group) is 2. The Bertz CT molecular complexity index is 852. The number of thiazole rings is 1. The second kappa shape index (κ2) is 7.20. The molecule has 1 fully saturated rings. The van der Waals surface area contributed by atoms with Gasteiger partial charge in [0.2, 0.25) is 5.91 Å². The van der Waals surface area contributed by atoms with Crippen molar-refractivity contribution < 1.29 is 18.8 Å². The Morgan fingerprint density at radius 3 is 2.58 bits per heavy atom. The molecule has 9 heteroatoms. The summed E-state index contributed by atoms with van der Waals surface area (Å²) in [6, 6.07) is 4.81. The molecule has 0 bridgehead atoms. The van der Waals surface area contributed by atoms with Crippen LogP contribution in [0.25, 0.3) is 11.3 Å². The van der Waals surface area contributed by atoms with E-state index in [1.165, 1.54) is 42.5 Å². The third-order valence-electron chi connectivity index (χ3n) is 4.18. The molecule has 0 aliphatic carbocycles. The van der Waals surface area contributed by atoms with Crippen LogP contribution >= 0.6 is 11.3 Å². The average molecular weight is 376 g/mol. The molecule has 0 saturated carbocycles. The van der Waals surface area contributed by atoms with E-state index in [2.05, 4.69) is 10.3 Å². The lowest BCUT2D eigenvalue weighted by atomic mass is 10.2. The van der Waals surface area contributed by atoms with Gasteiger partial charge in [0.25, 0.3) is 5.91 Å². The summed E-state index contributed by atoms with van der Waals surface area (Å²) >= 11 is 1.38. The topological polar surface area (TPSA) is 82.6 Å². The number of hydrogen-bond donors (Lipinski definition) is 1. The lowest BCUT2D eigenvalue weighted by Crippen LogP contribution is -2.37. The Labute approximate surface area is 153 Å². The number of carbonyl (C=O) groups excluding carboxylic acids is 3. The van der Waals surface area contributed by atoms with Crippen LogP contribution in [-0.4, -0.2) is 52.8 Å². The number of nitrogens with one attached hydrogen (secondary N) is 1. The van der Waals surface area contributed by atoms with Gasteiger partial charge in [-0.3, -0.25) is 14.5 Å². The third kappa shape index (κ3) is 3.57. The highest BCUT2D eigenvalue weighted by Crippen LogP contribution is 2.22. The van der Waals surface area contributed by atoms with Crippen LogP contribution in [0.4, 0.5) is 9.18 Å². The van der Waals surface area contributed by atoms with Crippen molar-refractivity contribution in [1.29, 1.82) is 0 Å². The van der Waals surface area contributed by atoms with Crippen LogP contribution in [0.5, 0.6) is 0 Å². The van der Waals surface area contributed by atoms with E-state index >= 15 is 0 Å². The van der Waals surface area contributed by atoms with E-state index in [9.17, 15) is 18.8 Å². The smallest absolute Gasteiger partial charge is 0.326 e. The molecular formula is C17H17FN4O3S. The molecule has 0 spiro atoms. The lowest BCUT2D eigenvalue weighted by Gasteiger charge is -2.15. The molecule has 1 N–H and O–H groups in total. The summed E-state index contributed by atoms with van der Waals surface area (Å²) in [7, 11) is 2.89. The zero-order valence-electron chi connectivity index (χ0n) is 14.2. The van der Waals surface area contributed by atoms with Crippen LogP contribution in [0.1, 0.15) is 11.4 Å². The number of carbonyl (C=O) groups is 3. The van der Waals surface area contributed by atoms with Crippen molar-refractivity contribution in [3.63, 3.8) is 0 Å². The molecule has 1 aliphatic rings. The predicted molar refractivity (Wildman–Crippen MR) is 93.7 cm³/mol. The Kier molecular flexibility index (Phi) is 4.99. The Morgan fingerprint density at radius 1 is 1.27 bits per heavy atom. The van der Waals surface area contributed by atoms with Crippen molar-refractivity contribution >= 4 is 29.2 Å². The summed E-state index contributed by atoms with van der Waals surface area (Å²) in [4.78, 5) is 42.5. The highest BCUT2D eigenvalue weighted by Gasteiger charge is 2.41. The molecule has 1 aliphatic heterocycles. The number of imide groups is 1. The molecule has 2 heterocycles. The van der Waals surface area contributed by atoms with Gasteiger partial charge in [0, 0.05) is 25.0 Å². The van der Waals surface area contributed by atoms with Gasteiger partial charge in [-0.25, -0.2) is 14.2 Å². The van der Waals surface area contributed by atoms with Gasteiger partial charge >= 0.3 is 6.03 Å². The maximum Gasteiger partial charge on any atom is 0.326 e. The van der Waals surface area contributed by atoms with E-state index in [1.807, 2.05) is 5.38 Å². The van der Waals surface area contributed by atoms with Crippen LogP contribution in [0.2, 0.25) is 0 Å². The molecule has 136 valence electrons. The molecule has 3 rings (SSSR count). The number of amides is 4. The zero-order valence-corrected chi connectivity index (χ0v) is 15.0. The number of nitrogens with zero attached hydrogens (tertiary/aromatic N) is 3. The molecule has 2 aromatic rings. The quantitative estimate of drug-likeness (QED) is 0.808. The molecule has 1 saturated heterocycles. The van der Waals surface area contributed by atoms with E-state index in [4.69, 9.17) is 0 Å². The molecular weight excluding hydrogens is 359 g/mol. The molecule has 1 unspecified atom stereocenters. The van der Waals surface area contributed by atoms with E-state index < -0.39 is 12.1 Å². The van der Waals surface area contributed by atoms with Crippen molar-refractivity contribution in [3.8, 4) is 11.3 Å². The standard InChI is InChI=1S/C17H17FN4O3S/c1-21-13(16(24)22(2)17(21)25)7-14(23)19-8-15-20-12(9-26-15)10-3-5-11(18)6-4-10/h3-6,9,13H,7-8H2,1-2H3,(H,19,23). The second-order valence-electron chi connectivity index (χ2n) is 5.92. The molecule has 1 aromatic heterocycles. The predicted octanol–water partition coefficient (Wildman–Crippen LogP) is 1.85. The van der Waals surface area contributed by atoms with E-state index in [0.717, 1.165) is 10.5 Å². The van der Waals surface area contributed by atoms with Gasteiger partial charge in [0.15, 0.2) is 0 Å². The van der Waals surface area contributed by atoms with E-state index in [-0.39, 0.29) is 30.6 Å². The van der Waals surface area contributed by atoms with Gasteiger partial charge in [-0.2, -0.15) is 0 Å². The first kappa shape index (κ1) is 18.0. The van der Waals surface area contributed by atoms with Gasteiger partial charge < -0.3 is 10.2 Å².